The molecule has 0 atom stereocenters. The topological polar surface area (TPSA) is 46.9 Å². The molecule has 0 saturated carbocycles. The first-order valence-corrected chi connectivity index (χ1v) is 7.36. The van der Waals surface area contributed by atoms with Crippen molar-refractivity contribution in [3.63, 3.8) is 0 Å². The number of aryl methyl sites for hydroxylation is 1. The van der Waals surface area contributed by atoms with Gasteiger partial charge in [0.25, 0.3) is 5.91 Å². The number of rotatable bonds is 4. The van der Waals surface area contributed by atoms with Gasteiger partial charge in [0.15, 0.2) is 0 Å². The Hall–Kier alpha value is -2.14. The molecule has 0 bridgehead atoms. The van der Waals surface area contributed by atoms with Crippen LogP contribution in [0.15, 0.2) is 42.0 Å². The van der Waals surface area contributed by atoms with E-state index in [1.54, 1.807) is 0 Å². The van der Waals surface area contributed by atoms with Gasteiger partial charge in [-0.05, 0) is 36.1 Å². The highest BCUT2D eigenvalue weighted by Crippen LogP contribution is 2.15. The zero-order chi connectivity index (χ0) is 13.9. The summed E-state index contributed by atoms with van der Waals surface area (Å²) >= 11 is 1.48. The molecule has 0 radical (unpaired) electrons. The van der Waals surface area contributed by atoms with Crippen molar-refractivity contribution in [1.29, 1.82) is 0 Å². The molecule has 3 aromatic rings. The summed E-state index contributed by atoms with van der Waals surface area (Å²) in [6.07, 6.45) is 1.81. The third-order valence-electron chi connectivity index (χ3n) is 3.23. The van der Waals surface area contributed by atoms with Crippen molar-refractivity contribution in [3.05, 3.63) is 52.5 Å². The summed E-state index contributed by atoms with van der Waals surface area (Å²) in [7, 11) is 0. The first-order valence-electron chi connectivity index (χ1n) is 6.48. The Kier molecular flexibility index (Phi) is 3.52. The molecule has 0 spiro atoms. The number of hydrogen-bond acceptors (Lipinski definition) is 3. The van der Waals surface area contributed by atoms with Crippen LogP contribution in [0.1, 0.15) is 15.2 Å². The SMILES string of the molecule is Cc1ccsc1C(=O)NCCn1cnc2ccccc21. The number of aromatic nitrogens is 2. The number of hydrogen-bond donors (Lipinski definition) is 1. The van der Waals surface area contributed by atoms with Crippen LogP contribution in [0.2, 0.25) is 0 Å². The molecule has 3 rings (SSSR count). The van der Waals surface area contributed by atoms with Crippen molar-refractivity contribution in [1.82, 2.24) is 14.9 Å². The van der Waals surface area contributed by atoms with E-state index in [1.807, 2.05) is 49.0 Å². The first kappa shape index (κ1) is 12.9. The monoisotopic (exact) mass is 285 g/mol. The van der Waals surface area contributed by atoms with Gasteiger partial charge in [0.05, 0.1) is 22.2 Å². The molecule has 4 nitrogen and oxygen atoms in total. The Morgan fingerprint density at radius 2 is 2.20 bits per heavy atom. The average Bonchev–Trinajstić information content (AvgIpc) is 3.05. The second kappa shape index (κ2) is 5.46. The predicted octanol–water partition coefficient (Wildman–Crippen LogP) is 2.84. The van der Waals surface area contributed by atoms with Gasteiger partial charge in [0, 0.05) is 13.1 Å². The summed E-state index contributed by atoms with van der Waals surface area (Å²) in [5.41, 5.74) is 3.10. The Balaban J connectivity index is 1.63. The number of carbonyl (C=O) groups excluding carboxylic acids is 1. The normalized spacial score (nSPS) is 10.8. The number of nitrogens with zero attached hydrogens (tertiary/aromatic N) is 2. The van der Waals surface area contributed by atoms with E-state index in [2.05, 4.69) is 14.9 Å². The lowest BCUT2D eigenvalue weighted by atomic mass is 10.3. The van der Waals surface area contributed by atoms with Crippen molar-refractivity contribution < 1.29 is 4.79 Å². The zero-order valence-corrected chi connectivity index (χ0v) is 12.0. The largest absolute Gasteiger partial charge is 0.350 e. The molecule has 1 N–H and O–H groups in total. The van der Waals surface area contributed by atoms with Crippen molar-refractivity contribution in [2.24, 2.45) is 0 Å². The molecule has 2 heterocycles. The molecule has 0 aliphatic heterocycles. The van der Waals surface area contributed by atoms with Crippen LogP contribution in [0.3, 0.4) is 0 Å². The van der Waals surface area contributed by atoms with E-state index >= 15 is 0 Å². The Labute approximate surface area is 121 Å². The maximum atomic E-state index is 12.0. The molecule has 20 heavy (non-hydrogen) atoms. The van der Waals surface area contributed by atoms with Gasteiger partial charge in [-0.25, -0.2) is 4.98 Å². The highest BCUT2D eigenvalue weighted by atomic mass is 32.1. The Morgan fingerprint density at radius 1 is 1.35 bits per heavy atom. The van der Waals surface area contributed by atoms with E-state index in [1.165, 1.54) is 11.3 Å². The fourth-order valence-electron chi connectivity index (χ4n) is 2.16. The number of para-hydroxylation sites is 2. The van der Waals surface area contributed by atoms with E-state index in [4.69, 9.17) is 0 Å². The highest BCUT2D eigenvalue weighted by molar-refractivity contribution is 7.12. The molecule has 102 valence electrons. The van der Waals surface area contributed by atoms with E-state index in [-0.39, 0.29) is 5.91 Å². The van der Waals surface area contributed by atoms with Gasteiger partial charge in [-0.1, -0.05) is 12.1 Å². The number of carbonyl (C=O) groups is 1. The molecule has 5 heteroatoms. The van der Waals surface area contributed by atoms with Crippen LogP contribution in [0.4, 0.5) is 0 Å². The minimum absolute atomic E-state index is 0.00178. The summed E-state index contributed by atoms with van der Waals surface area (Å²) in [6, 6.07) is 9.95. The fraction of sp³-hybridized carbons (Fsp3) is 0.200. The second-order valence-electron chi connectivity index (χ2n) is 4.62. The van der Waals surface area contributed by atoms with Crippen LogP contribution in [-0.2, 0) is 6.54 Å². The van der Waals surface area contributed by atoms with E-state index in [0.717, 1.165) is 28.0 Å². The van der Waals surface area contributed by atoms with Crippen LogP contribution in [0.25, 0.3) is 11.0 Å². The lowest BCUT2D eigenvalue weighted by molar-refractivity contribution is 0.0956. The lowest BCUT2D eigenvalue weighted by Crippen LogP contribution is -2.26. The highest BCUT2D eigenvalue weighted by Gasteiger charge is 2.09. The molecule has 1 amide bonds. The summed E-state index contributed by atoms with van der Waals surface area (Å²) in [4.78, 5) is 17.1. The summed E-state index contributed by atoms with van der Waals surface area (Å²) in [5, 5.41) is 4.89. The van der Waals surface area contributed by atoms with Gasteiger partial charge in [-0.2, -0.15) is 0 Å². The first-order chi connectivity index (χ1) is 9.75. The molecule has 2 aromatic heterocycles. The van der Waals surface area contributed by atoms with Gasteiger partial charge < -0.3 is 9.88 Å². The maximum Gasteiger partial charge on any atom is 0.261 e. The van der Waals surface area contributed by atoms with Crippen LogP contribution >= 0.6 is 11.3 Å². The third-order valence-corrected chi connectivity index (χ3v) is 4.25. The van der Waals surface area contributed by atoms with Crippen LogP contribution in [-0.4, -0.2) is 22.0 Å². The molecule has 0 aliphatic rings. The van der Waals surface area contributed by atoms with Gasteiger partial charge in [0.1, 0.15) is 0 Å². The molecular formula is C15H15N3OS. The number of amides is 1. The molecular weight excluding hydrogens is 270 g/mol. The number of imidazole rings is 1. The zero-order valence-electron chi connectivity index (χ0n) is 11.2. The minimum Gasteiger partial charge on any atom is -0.350 e. The van der Waals surface area contributed by atoms with Crippen LogP contribution in [0, 0.1) is 6.92 Å². The van der Waals surface area contributed by atoms with Gasteiger partial charge in [-0.3, -0.25) is 4.79 Å². The molecule has 0 fully saturated rings. The Bertz CT molecular complexity index is 744. The van der Waals surface area contributed by atoms with Crippen LogP contribution in [0.5, 0.6) is 0 Å². The van der Waals surface area contributed by atoms with Crippen molar-refractivity contribution in [2.75, 3.05) is 6.54 Å². The van der Waals surface area contributed by atoms with Gasteiger partial charge in [-0.15, -0.1) is 11.3 Å². The second-order valence-corrected chi connectivity index (χ2v) is 5.53. The van der Waals surface area contributed by atoms with Crippen molar-refractivity contribution >= 4 is 28.3 Å². The fourth-order valence-corrected chi connectivity index (χ4v) is 3.01. The van der Waals surface area contributed by atoms with Crippen molar-refractivity contribution in [2.45, 2.75) is 13.5 Å². The Morgan fingerprint density at radius 3 is 3.00 bits per heavy atom. The summed E-state index contributed by atoms with van der Waals surface area (Å²) < 4.78 is 2.05. The molecule has 1 aromatic carbocycles. The summed E-state index contributed by atoms with van der Waals surface area (Å²) in [6.45, 7) is 3.27. The number of benzene rings is 1. The van der Waals surface area contributed by atoms with E-state index in [0.29, 0.717) is 6.54 Å². The number of fused-ring (bicyclic) bond motifs is 1. The number of thiophene rings is 1. The minimum atomic E-state index is 0.00178. The van der Waals surface area contributed by atoms with Crippen LogP contribution < -0.4 is 5.32 Å². The van der Waals surface area contributed by atoms with E-state index in [9.17, 15) is 4.79 Å². The predicted molar refractivity (Wildman–Crippen MR) is 81.1 cm³/mol. The molecule has 0 saturated heterocycles. The smallest absolute Gasteiger partial charge is 0.261 e. The van der Waals surface area contributed by atoms with E-state index < -0.39 is 0 Å². The maximum absolute atomic E-state index is 12.0. The molecule has 0 aliphatic carbocycles. The number of nitrogens with one attached hydrogen (secondary N) is 1. The molecule has 0 unspecified atom stereocenters. The van der Waals surface area contributed by atoms with Gasteiger partial charge in [0.2, 0.25) is 0 Å². The quantitative estimate of drug-likeness (QED) is 0.801. The lowest BCUT2D eigenvalue weighted by Gasteiger charge is -2.06. The average molecular weight is 285 g/mol. The third kappa shape index (κ3) is 2.44. The van der Waals surface area contributed by atoms with Gasteiger partial charge >= 0.3 is 0 Å². The van der Waals surface area contributed by atoms with Crippen molar-refractivity contribution in [3.8, 4) is 0 Å². The summed E-state index contributed by atoms with van der Waals surface area (Å²) in [5.74, 6) is 0.00178. The standard InChI is InChI=1S/C15H15N3OS/c1-11-6-9-20-14(11)15(19)16-7-8-18-10-17-12-4-2-3-5-13(12)18/h2-6,9-10H,7-8H2,1H3,(H,16,19).